The highest BCUT2D eigenvalue weighted by Gasteiger charge is 2.11. The fraction of sp³-hybridized carbons (Fsp3) is 0.133. The number of carboxylic acid groups (broad SMARTS) is 1. The zero-order valence-corrected chi connectivity index (χ0v) is 12.1. The lowest BCUT2D eigenvalue weighted by atomic mass is 10.1. The van der Waals surface area contributed by atoms with E-state index in [9.17, 15) is 4.79 Å². The van der Waals surface area contributed by atoms with Crippen LogP contribution in [0.2, 0.25) is 4.34 Å². The zero-order valence-electron chi connectivity index (χ0n) is 10.5. The van der Waals surface area contributed by atoms with Crippen LogP contribution in [0, 0.1) is 0 Å². The second kappa shape index (κ2) is 5.31. The zero-order chi connectivity index (χ0) is 14.1. The molecule has 0 amide bonds. The summed E-state index contributed by atoms with van der Waals surface area (Å²) >= 11 is 7.49. The van der Waals surface area contributed by atoms with Crippen molar-refractivity contribution in [2.24, 2.45) is 0 Å². The molecule has 1 aromatic carbocycles. The number of benzene rings is 1. The molecule has 102 valence electrons. The standard InChI is InChI=1S/C15H12ClNO2S/c16-14-6-5-11(20-14)9-17-8-10(7-15(18)19)12-3-1-2-4-13(12)17/h1-6,8H,7,9H2,(H,18,19). The molecule has 1 N–H and O–H groups in total. The van der Waals surface area contributed by atoms with E-state index in [0.717, 1.165) is 25.7 Å². The molecule has 2 heterocycles. The van der Waals surface area contributed by atoms with E-state index in [4.69, 9.17) is 16.7 Å². The average Bonchev–Trinajstić information content (AvgIpc) is 2.95. The molecule has 0 atom stereocenters. The summed E-state index contributed by atoms with van der Waals surface area (Å²) < 4.78 is 2.85. The second-order valence-corrected chi connectivity index (χ2v) is 6.38. The Morgan fingerprint density at radius 3 is 2.75 bits per heavy atom. The first-order chi connectivity index (χ1) is 9.63. The Balaban J connectivity index is 2.04. The molecule has 0 aliphatic carbocycles. The quantitative estimate of drug-likeness (QED) is 0.790. The van der Waals surface area contributed by atoms with Gasteiger partial charge in [0.05, 0.1) is 17.3 Å². The van der Waals surface area contributed by atoms with Crippen LogP contribution < -0.4 is 0 Å². The van der Waals surface area contributed by atoms with Crippen LogP contribution in [0.5, 0.6) is 0 Å². The minimum Gasteiger partial charge on any atom is -0.481 e. The largest absolute Gasteiger partial charge is 0.481 e. The van der Waals surface area contributed by atoms with E-state index in [2.05, 4.69) is 4.57 Å². The van der Waals surface area contributed by atoms with Crippen LogP contribution in [0.1, 0.15) is 10.4 Å². The molecule has 3 nitrogen and oxygen atoms in total. The molecule has 0 spiro atoms. The molecule has 0 radical (unpaired) electrons. The van der Waals surface area contributed by atoms with Crippen LogP contribution in [-0.4, -0.2) is 15.6 Å². The van der Waals surface area contributed by atoms with Crippen LogP contribution >= 0.6 is 22.9 Å². The van der Waals surface area contributed by atoms with Gasteiger partial charge >= 0.3 is 5.97 Å². The summed E-state index contributed by atoms with van der Waals surface area (Å²) in [4.78, 5) is 12.1. The topological polar surface area (TPSA) is 42.2 Å². The summed E-state index contributed by atoms with van der Waals surface area (Å²) in [6.45, 7) is 0.706. The molecule has 2 aromatic heterocycles. The third-order valence-electron chi connectivity index (χ3n) is 3.17. The number of aliphatic carboxylic acids is 1. The molecule has 5 heteroatoms. The molecule has 0 bridgehead atoms. The van der Waals surface area contributed by atoms with Gasteiger partial charge in [0.1, 0.15) is 0 Å². The number of aromatic nitrogens is 1. The number of fused-ring (bicyclic) bond motifs is 1. The summed E-state index contributed by atoms with van der Waals surface area (Å²) in [5, 5.41) is 10.0. The third kappa shape index (κ3) is 2.57. The van der Waals surface area contributed by atoms with Crippen molar-refractivity contribution in [2.75, 3.05) is 0 Å². The molecule has 3 aromatic rings. The van der Waals surface area contributed by atoms with E-state index >= 15 is 0 Å². The van der Waals surface area contributed by atoms with Gasteiger partial charge in [0, 0.05) is 22.0 Å². The molecule has 20 heavy (non-hydrogen) atoms. The van der Waals surface area contributed by atoms with Crippen molar-refractivity contribution < 1.29 is 9.90 Å². The van der Waals surface area contributed by atoms with Gasteiger partial charge < -0.3 is 9.67 Å². The van der Waals surface area contributed by atoms with Crippen molar-refractivity contribution in [1.82, 2.24) is 4.57 Å². The highest BCUT2D eigenvalue weighted by atomic mass is 35.5. The Morgan fingerprint density at radius 1 is 1.25 bits per heavy atom. The van der Waals surface area contributed by atoms with Gasteiger partial charge in [-0.25, -0.2) is 0 Å². The lowest BCUT2D eigenvalue weighted by molar-refractivity contribution is -0.136. The maximum Gasteiger partial charge on any atom is 0.307 e. The molecular weight excluding hydrogens is 294 g/mol. The van der Waals surface area contributed by atoms with E-state index in [0.29, 0.717) is 6.54 Å². The minimum absolute atomic E-state index is 0.0404. The predicted octanol–water partition coefficient (Wildman–Crippen LogP) is 4.03. The Hall–Kier alpha value is -1.78. The maximum absolute atomic E-state index is 11.0. The molecule has 3 rings (SSSR count). The van der Waals surface area contributed by atoms with Crippen LogP contribution in [0.3, 0.4) is 0 Å². The third-order valence-corrected chi connectivity index (χ3v) is 4.38. The number of carbonyl (C=O) groups is 1. The summed E-state index contributed by atoms with van der Waals surface area (Å²) in [5.41, 5.74) is 1.89. The molecule has 0 aliphatic rings. The Morgan fingerprint density at radius 2 is 2.05 bits per heavy atom. The van der Waals surface area contributed by atoms with Crippen LogP contribution in [-0.2, 0) is 17.8 Å². The van der Waals surface area contributed by atoms with Gasteiger partial charge in [-0.1, -0.05) is 29.8 Å². The number of hydrogen-bond acceptors (Lipinski definition) is 2. The highest BCUT2D eigenvalue weighted by molar-refractivity contribution is 7.16. The molecular formula is C15H12ClNO2S. The van der Waals surface area contributed by atoms with Crippen molar-refractivity contribution in [3.05, 3.63) is 57.4 Å². The lowest BCUT2D eigenvalue weighted by Gasteiger charge is -2.02. The lowest BCUT2D eigenvalue weighted by Crippen LogP contribution is -1.99. The van der Waals surface area contributed by atoms with Crippen molar-refractivity contribution >= 4 is 39.8 Å². The average molecular weight is 306 g/mol. The number of carboxylic acids is 1. The monoisotopic (exact) mass is 305 g/mol. The first-order valence-electron chi connectivity index (χ1n) is 6.16. The fourth-order valence-corrected chi connectivity index (χ4v) is 3.45. The first-order valence-corrected chi connectivity index (χ1v) is 7.35. The summed E-state index contributed by atoms with van der Waals surface area (Å²) in [6.07, 6.45) is 1.96. The molecule has 0 saturated heterocycles. The smallest absolute Gasteiger partial charge is 0.307 e. The Bertz CT molecular complexity index is 775. The van der Waals surface area contributed by atoms with Gasteiger partial charge in [-0.15, -0.1) is 11.3 Å². The summed E-state index contributed by atoms with van der Waals surface area (Å²) in [7, 11) is 0. The van der Waals surface area contributed by atoms with E-state index in [-0.39, 0.29) is 6.42 Å². The Labute approximate surface area is 125 Å². The normalized spacial score (nSPS) is 11.1. The fourth-order valence-electron chi connectivity index (χ4n) is 2.36. The van der Waals surface area contributed by atoms with Crippen LogP contribution in [0.4, 0.5) is 0 Å². The van der Waals surface area contributed by atoms with Gasteiger partial charge in [0.15, 0.2) is 0 Å². The Kier molecular flexibility index (Phi) is 3.51. The summed E-state index contributed by atoms with van der Waals surface area (Å²) in [6, 6.07) is 11.7. The molecule has 0 aliphatic heterocycles. The van der Waals surface area contributed by atoms with Crippen molar-refractivity contribution in [1.29, 1.82) is 0 Å². The first kappa shape index (κ1) is 13.2. The molecule has 0 fully saturated rings. The van der Waals surface area contributed by atoms with Gasteiger partial charge in [-0.3, -0.25) is 4.79 Å². The molecule has 0 unspecified atom stereocenters. The number of rotatable bonds is 4. The number of halogens is 1. The second-order valence-electron chi connectivity index (χ2n) is 4.58. The van der Waals surface area contributed by atoms with Gasteiger partial charge in [0.2, 0.25) is 0 Å². The van der Waals surface area contributed by atoms with E-state index in [1.165, 1.54) is 0 Å². The van der Waals surface area contributed by atoms with E-state index in [1.807, 2.05) is 42.6 Å². The minimum atomic E-state index is -0.813. The molecule has 0 saturated carbocycles. The highest BCUT2D eigenvalue weighted by Crippen LogP contribution is 2.26. The SMILES string of the molecule is O=C(O)Cc1cn(Cc2ccc(Cl)s2)c2ccccc12. The summed E-state index contributed by atoms with van der Waals surface area (Å²) in [5.74, 6) is -0.813. The van der Waals surface area contributed by atoms with Crippen molar-refractivity contribution in [3.8, 4) is 0 Å². The number of para-hydroxylation sites is 1. The van der Waals surface area contributed by atoms with Gasteiger partial charge in [-0.05, 0) is 23.8 Å². The van der Waals surface area contributed by atoms with Crippen molar-refractivity contribution in [2.45, 2.75) is 13.0 Å². The van der Waals surface area contributed by atoms with Gasteiger partial charge in [-0.2, -0.15) is 0 Å². The van der Waals surface area contributed by atoms with Crippen LogP contribution in [0.25, 0.3) is 10.9 Å². The number of hydrogen-bond donors (Lipinski definition) is 1. The van der Waals surface area contributed by atoms with Crippen molar-refractivity contribution in [3.63, 3.8) is 0 Å². The number of nitrogens with zero attached hydrogens (tertiary/aromatic N) is 1. The van der Waals surface area contributed by atoms with E-state index in [1.54, 1.807) is 11.3 Å². The maximum atomic E-state index is 11.0. The predicted molar refractivity (Wildman–Crippen MR) is 81.7 cm³/mol. The van der Waals surface area contributed by atoms with Crippen LogP contribution in [0.15, 0.2) is 42.6 Å². The van der Waals surface area contributed by atoms with E-state index < -0.39 is 5.97 Å². The van der Waals surface area contributed by atoms with Gasteiger partial charge in [0.25, 0.3) is 0 Å². The number of thiophene rings is 1.